The first-order valence-corrected chi connectivity index (χ1v) is 9.10. The molecule has 0 spiro atoms. The van der Waals surface area contributed by atoms with E-state index in [2.05, 4.69) is 10.3 Å². The Morgan fingerprint density at radius 2 is 2.21 bits per heavy atom. The molecule has 0 bridgehead atoms. The van der Waals surface area contributed by atoms with Gasteiger partial charge >= 0.3 is 0 Å². The highest BCUT2D eigenvalue weighted by molar-refractivity contribution is 7.89. The summed E-state index contributed by atoms with van der Waals surface area (Å²) in [7, 11) is -1.96. The highest BCUT2D eigenvalue weighted by atomic mass is 32.2. The van der Waals surface area contributed by atoms with Crippen LogP contribution in [0, 0.1) is 18.3 Å². The molecular formula is C16H19N5O2S. The Morgan fingerprint density at radius 1 is 1.42 bits per heavy atom. The summed E-state index contributed by atoms with van der Waals surface area (Å²) < 4.78 is 29.8. The minimum absolute atomic E-state index is 0.0612. The summed E-state index contributed by atoms with van der Waals surface area (Å²) in [5.74, 6) is 0.678. The molecule has 1 unspecified atom stereocenters. The molecule has 3 rings (SSSR count). The van der Waals surface area contributed by atoms with Crippen LogP contribution in [-0.2, 0) is 17.1 Å². The van der Waals surface area contributed by atoms with Gasteiger partial charge in [-0.25, -0.2) is 13.4 Å². The first kappa shape index (κ1) is 16.6. The largest absolute Gasteiger partial charge is 0.337 e. The zero-order valence-electron chi connectivity index (χ0n) is 13.6. The van der Waals surface area contributed by atoms with Gasteiger partial charge in [0.15, 0.2) is 0 Å². The summed E-state index contributed by atoms with van der Waals surface area (Å²) in [6.07, 6.45) is 3.45. The second-order valence-electron chi connectivity index (χ2n) is 5.79. The zero-order valence-corrected chi connectivity index (χ0v) is 14.4. The van der Waals surface area contributed by atoms with E-state index < -0.39 is 16.1 Å². The van der Waals surface area contributed by atoms with Gasteiger partial charge in [-0.2, -0.15) is 9.57 Å². The Hall–Kier alpha value is -2.21. The van der Waals surface area contributed by atoms with Gasteiger partial charge in [0.2, 0.25) is 10.0 Å². The van der Waals surface area contributed by atoms with Crippen molar-refractivity contribution in [3.05, 3.63) is 47.5 Å². The number of aromatic nitrogens is 2. The number of imidazole rings is 1. The third kappa shape index (κ3) is 2.71. The van der Waals surface area contributed by atoms with Crippen LogP contribution in [0.25, 0.3) is 0 Å². The number of aryl methyl sites for hydroxylation is 2. The molecule has 1 fully saturated rings. The van der Waals surface area contributed by atoms with Gasteiger partial charge in [-0.05, 0) is 18.6 Å². The summed E-state index contributed by atoms with van der Waals surface area (Å²) in [6, 6.07) is 6.53. The van der Waals surface area contributed by atoms with E-state index in [1.54, 1.807) is 31.5 Å². The summed E-state index contributed by atoms with van der Waals surface area (Å²) in [4.78, 5) is 4.37. The molecule has 1 aromatic heterocycles. The maximum Gasteiger partial charge on any atom is 0.245 e. The first-order chi connectivity index (χ1) is 11.5. The first-order valence-electron chi connectivity index (χ1n) is 7.66. The smallest absolute Gasteiger partial charge is 0.245 e. The fraction of sp³-hybridized carbons (Fsp3) is 0.375. The standard InChI is InChI=1S/C16H19N5O2S/c1-12-4-3-5-15(13(12)10-17)24(22,23)21-9-6-18-11-14(21)16-19-7-8-20(16)2/h3-5,7-8,14,18H,6,9,11H2,1-2H3. The SMILES string of the molecule is Cc1cccc(S(=O)(=O)N2CCNCC2c2nccn2C)c1C#N. The second-order valence-corrected chi connectivity index (χ2v) is 7.65. The number of sulfonamides is 1. The lowest BCUT2D eigenvalue weighted by Gasteiger charge is -2.34. The molecule has 1 saturated heterocycles. The van der Waals surface area contributed by atoms with Gasteiger partial charge < -0.3 is 9.88 Å². The van der Waals surface area contributed by atoms with Gasteiger partial charge in [0.1, 0.15) is 16.8 Å². The van der Waals surface area contributed by atoms with Crippen molar-refractivity contribution in [3.8, 4) is 6.07 Å². The number of hydrogen-bond acceptors (Lipinski definition) is 5. The molecule has 0 radical (unpaired) electrons. The minimum Gasteiger partial charge on any atom is -0.337 e. The number of benzene rings is 1. The van der Waals surface area contributed by atoms with E-state index in [1.165, 1.54) is 10.4 Å². The molecule has 1 aromatic carbocycles. The molecule has 0 aliphatic carbocycles. The van der Waals surface area contributed by atoms with Gasteiger partial charge in [0, 0.05) is 39.1 Å². The lowest BCUT2D eigenvalue weighted by atomic mass is 10.1. The van der Waals surface area contributed by atoms with Crippen molar-refractivity contribution in [1.82, 2.24) is 19.2 Å². The Balaban J connectivity index is 2.10. The average molecular weight is 345 g/mol. The molecule has 0 saturated carbocycles. The summed E-state index contributed by atoms with van der Waals surface area (Å²) in [5.41, 5.74) is 0.858. The fourth-order valence-corrected chi connectivity index (χ4v) is 4.82. The van der Waals surface area contributed by atoms with Crippen molar-refractivity contribution in [2.75, 3.05) is 19.6 Å². The number of rotatable bonds is 3. The highest BCUT2D eigenvalue weighted by Crippen LogP contribution is 2.30. The van der Waals surface area contributed by atoms with Crippen LogP contribution in [-0.4, -0.2) is 41.9 Å². The van der Waals surface area contributed by atoms with E-state index in [-0.39, 0.29) is 10.5 Å². The maximum absolute atomic E-state index is 13.2. The molecule has 1 N–H and O–H groups in total. The Bertz CT molecular complexity index is 897. The van der Waals surface area contributed by atoms with E-state index in [0.29, 0.717) is 31.0 Å². The predicted octanol–water partition coefficient (Wildman–Crippen LogP) is 0.935. The predicted molar refractivity (Wildman–Crippen MR) is 88.6 cm³/mol. The van der Waals surface area contributed by atoms with Gasteiger partial charge in [-0.3, -0.25) is 0 Å². The molecule has 24 heavy (non-hydrogen) atoms. The van der Waals surface area contributed by atoms with Crippen molar-refractivity contribution in [1.29, 1.82) is 5.26 Å². The molecule has 8 heteroatoms. The summed E-state index contributed by atoms with van der Waals surface area (Å²) >= 11 is 0. The normalized spacial score (nSPS) is 19.1. The third-order valence-electron chi connectivity index (χ3n) is 4.28. The monoisotopic (exact) mass is 345 g/mol. The molecule has 7 nitrogen and oxygen atoms in total. The van der Waals surface area contributed by atoms with E-state index >= 15 is 0 Å². The van der Waals surface area contributed by atoms with Gasteiger partial charge in [-0.1, -0.05) is 12.1 Å². The lowest BCUT2D eigenvalue weighted by molar-refractivity contribution is 0.258. The third-order valence-corrected chi connectivity index (χ3v) is 6.23. The van der Waals surface area contributed by atoms with Gasteiger partial charge in [0.25, 0.3) is 0 Å². The van der Waals surface area contributed by atoms with Crippen LogP contribution in [0.5, 0.6) is 0 Å². The Labute approximate surface area is 141 Å². The van der Waals surface area contributed by atoms with Crippen molar-refractivity contribution in [2.45, 2.75) is 17.9 Å². The van der Waals surface area contributed by atoms with Gasteiger partial charge in [-0.15, -0.1) is 0 Å². The van der Waals surface area contributed by atoms with E-state index in [0.717, 1.165) is 0 Å². The molecule has 2 aromatic rings. The molecule has 1 atom stereocenters. The highest BCUT2D eigenvalue weighted by Gasteiger charge is 2.37. The van der Waals surface area contributed by atoms with Crippen molar-refractivity contribution < 1.29 is 8.42 Å². The van der Waals surface area contributed by atoms with Crippen molar-refractivity contribution in [2.24, 2.45) is 7.05 Å². The van der Waals surface area contributed by atoms with Crippen LogP contribution in [0.3, 0.4) is 0 Å². The molecular weight excluding hydrogens is 326 g/mol. The van der Waals surface area contributed by atoms with E-state index in [4.69, 9.17) is 0 Å². The minimum atomic E-state index is -3.80. The maximum atomic E-state index is 13.2. The van der Waals surface area contributed by atoms with E-state index in [9.17, 15) is 13.7 Å². The van der Waals surface area contributed by atoms with Crippen molar-refractivity contribution >= 4 is 10.0 Å². The van der Waals surface area contributed by atoms with Crippen LogP contribution in [0.2, 0.25) is 0 Å². The topological polar surface area (TPSA) is 91.0 Å². The molecule has 1 aliphatic heterocycles. The lowest BCUT2D eigenvalue weighted by Crippen LogP contribution is -2.49. The zero-order chi connectivity index (χ0) is 17.3. The number of nitriles is 1. The Morgan fingerprint density at radius 3 is 2.88 bits per heavy atom. The number of nitrogens with zero attached hydrogens (tertiary/aromatic N) is 4. The molecule has 126 valence electrons. The van der Waals surface area contributed by atoms with Crippen LogP contribution in [0.4, 0.5) is 0 Å². The van der Waals surface area contributed by atoms with Crippen LogP contribution >= 0.6 is 0 Å². The van der Waals surface area contributed by atoms with Crippen molar-refractivity contribution in [3.63, 3.8) is 0 Å². The average Bonchev–Trinajstić information content (AvgIpc) is 3.00. The number of piperazine rings is 1. The second kappa shape index (κ2) is 6.36. The van der Waals surface area contributed by atoms with Gasteiger partial charge in [0.05, 0.1) is 11.6 Å². The van der Waals surface area contributed by atoms with Crippen LogP contribution in [0.1, 0.15) is 23.0 Å². The number of nitrogens with one attached hydrogen (secondary N) is 1. The molecule has 2 heterocycles. The van der Waals surface area contributed by atoms with Crippen LogP contribution in [0.15, 0.2) is 35.5 Å². The fourth-order valence-electron chi connectivity index (χ4n) is 3.02. The quantitative estimate of drug-likeness (QED) is 0.894. The summed E-state index contributed by atoms with van der Waals surface area (Å²) in [6.45, 7) is 3.12. The molecule has 1 aliphatic rings. The van der Waals surface area contributed by atoms with Crippen LogP contribution < -0.4 is 5.32 Å². The van der Waals surface area contributed by atoms with E-state index in [1.807, 2.05) is 17.7 Å². The summed E-state index contributed by atoms with van der Waals surface area (Å²) in [5, 5.41) is 12.6. The molecule has 0 amide bonds. The number of hydrogen-bond donors (Lipinski definition) is 1. The Kier molecular flexibility index (Phi) is 4.41.